The van der Waals surface area contributed by atoms with Gasteiger partial charge in [0.05, 0.1) is 0 Å². The van der Waals surface area contributed by atoms with Gasteiger partial charge in [-0.05, 0) is 23.3 Å². The first kappa shape index (κ1) is 7.85. The van der Waals surface area contributed by atoms with Crippen molar-refractivity contribution in [2.24, 2.45) is 5.92 Å². The Morgan fingerprint density at radius 3 is 2.50 bits per heavy atom. The standard InChI is InChI=1S/C12H16/c1-3-10-9-12(10,2)11-7-5-4-6-8-11/h4-8,10H,3,9H2,1-2H3/t10-,12+/m0/s1. The van der Waals surface area contributed by atoms with E-state index in [1.807, 2.05) is 0 Å². The van der Waals surface area contributed by atoms with Crippen LogP contribution >= 0.6 is 0 Å². The number of hydrogen-bond acceptors (Lipinski definition) is 0. The van der Waals surface area contributed by atoms with Crippen LogP contribution in [-0.4, -0.2) is 0 Å². The maximum atomic E-state index is 2.39. The molecule has 64 valence electrons. The molecule has 1 aromatic rings. The first-order chi connectivity index (χ1) is 5.77. The van der Waals surface area contributed by atoms with E-state index in [4.69, 9.17) is 0 Å². The lowest BCUT2D eigenvalue weighted by Gasteiger charge is -2.10. The summed E-state index contributed by atoms with van der Waals surface area (Å²) in [6, 6.07) is 10.9. The van der Waals surface area contributed by atoms with Crippen molar-refractivity contribution in [3.05, 3.63) is 35.9 Å². The van der Waals surface area contributed by atoms with Gasteiger partial charge in [-0.15, -0.1) is 0 Å². The van der Waals surface area contributed by atoms with Gasteiger partial charge in [0, 0.05) is 0 Å². The second-order valence-electron chi connectivity index (χ2n) is 4.09. The molecule has 0 bridgehead atoms. The Hall–Kier alpha value is -0.780. The van der Waals surface area contributed by atoms with Crippen molar-refractivity contribution in [3.63, 3.8) is 0 Å². The Bertz CT molecular complexity index is 263. The molecule has 0 N–H and O–H groups in total. The highest BCUT2D eigenvalue weighted by atomic mass is 14.5. The summed E-state index contributed by atoms with van der Waals surface area (Å²) < 4.78 is 0. The third kappa shape index (κ3) is 1.06. The first-order valence-corrected chi connectivity index (χ1v) is 4.83. The summed E-state index contributed by atoms with van der Waals surface area (Å²) in [5.41, 5.74) is 2.03. The molecule has 1 saturated carbocycles. The number of rotatable bonds is 2. The second-order valence-corrected chi connectivity index (χ2v) is 4.09. The predicted octanol–water partition coefficient (Wildman–Crippen LogP) is 3.37. The summed E-state index contributed by atoms with van der Waals surface area (Å²) in [5.74, 6) is 0.930. The van der Waals surface area contributed by atoms with E-state index in [2.05, 4.69) is 44.2 Å². The van der Waals surface area contributed by atoms with Gasteiger partial charge in [-0.3, -0.25) is 0 Å². The predicted molar refractivity (Wildman–Crippen MR) is 52.2 cm³/mol. The van der Waals surface area contributed by atoms with Crippen LogP contribution in [0.4, 0.5) is 0 Å². The van der Waals surface area contributed by atoms with E-state index >= 15 is 0 Å². The quantitative estimate of drug-likeness (QED) is 0.622. The zero-order valence-electron chi connectivity index (χ0n) is 7.88. The summed E-state index contributed by atoms with van der Waals surface area (Å²) in [5, 5.41) is 0. The van der Waals surface area contributed by atoms with Crippen LogP contribution in [0.15, 0.2) is 30.3 Å². The fraction of sp³-hybridized carbons (Fsp3) is 0.500. The molecule has 2 rings (SSSR count). The minimum Gasteiger partial charge on any atom is -0.0651 e. The number of hydrogen-bond donors (Lipinski definition) is 0. The molecule has 2 atom stereocenters. The van der Waals surface area contributed by atoms with Crippen molar-refractivity contribution in [1.82, 2.24) is 0 Å². The molecule has 0 aromatic heterocycles. The van der Waals surface area contributed by atoms with Crippen molar-refractivity contribution < 1.29 is 0 Å². The minimum atomic E-state index is 0.510. The lowest BCUT2D eigenvalue weighted by Crippen LogP contribution is -2.03. The lowest BCUT2D eigenvalue weighted by molar-refractivity contribution is 0.642. The highest BCUT2D eigenvalue weighted by Crippen LogP contribution is 2.55. The monoisotopic (exact) mass is 160 g/mol. The van der Waals surface area contributed by atoms with Gasteiger partial charge in [-0.1, -0.05) is 50.6 Å². The minimum absolute atomic E-state index is 0.510. The fourth-order valence-electron chi connectivity index (χ4n) is 2.22. The Labute approximate surface area is 74.6 Å². The molecule has 1 aliphatic rings. The largest absolute Gasteiger partial charge is 0.0651 e. The van der Waals surface area contributed by atoms with Crippen molar-refractivity contribution in [3.8, 4) is 0 Å². The summed E-state index contributed by atoms with van der Waals surface area (Å²) in [6.45, 7) is 4.68. The molecule has 0 saturated heterocycles. The molecule has 1 aliphatic carbocycles. The molecular formula is C12H16. The molecule has 0 spiro atoms. The van der Waals surface area contributed by atoms with Gasteiger partial charge in [0.2, 0.25) is 0 Å². The summed E-state index contributed by atoms with van der Waals surface area (Å²) >= 11 is 0. The summed E-state index contributed by atoms with van der Waals surface area (Å²) in [4.78, 5) is 0. The fourth-order valence-corrected chi connectivity index (χ4v) is 2.22. The zero-order chi connectivity index (χ0) is 8.60. The van der Waals surface area contributed by atoms with E-state index in [0.717, 1.165) is 5.92 Å². The van der Waals surface area contributed by atoms with Gasteiger partial charge in [0.15, 0.2) is 0 Å². The third-order valence-electron chi connectivity index (χ3n) is 3.34. The molecule has 1 fully saturated rings. The average Bonchev–Trinajstić information content (AvgIpc) is 2.81. The molecule has 0 amide bonds. The molecule has 0 heterocycles. The highest BCUT2D eigenvalue weighted by Gasteiger charge is 2.49. The molecule has 12 heavy (non-hydrogen) atoms. The van der Waals surface area contributed by atoms with Gasteiger partial charge in [-0.25, -0.2) is 0 Å². The van der Waals surface area contributed by atoms with Crippen LogP contribution in [0, 0.1) is 5.92 Å². The van der Waals surface area contributed by atoms with Gasteiger partial charge < -0.3 is 0 Å². The SMILES string of the molecule is CC[C@H]1C[C@@]1(C)c1ccccc1. The molecular weight excluding hydrogens is 144 g/mol. The molecule has 0 aliphatic heterocycles. The van der Waals surface area contributed by atoms with Gasteiger partial charge in [-0.2, -0.15) is 0 Å². The molecule has 1 aromatic carbocycles. The van der Waals surface area contributed by atoms with Crippen molar-refractivity contribution in [2.45, 2.75) is 32.1 Å². The summed E-state index contributed by atoms with van der Waals surface area (Å²) in [7, 11) is 0. The van der Waals surface area contributed by atoms with Crippen LogP contribution in [0.25, 0.3) is 0 Å². The van der Waals surface area contributed by atoms with E-state index in [9.17, 15) is 0 Å². The maximum Gasteiger partial charge on any atom is -0.00439 e. The average molecular weight is 160 g/mol. The Balaban J connectivity index is 2.23. The van der Waals surface area contributed by atoms with Gasteiger partial charge >= 0.3 is 0 Å². The zero-order valence-corrected chi connectivity index (χ0v) is 7.88. The van der Waals surface area contributed by atoms with Crippen molar-refractivity contribution in [2.75, 3.05) is 0 Å². The molecule has 0 nitrogen and oxygen atoms in total. The van der Waals surface area contributed by atoms with Crippen LogP contribution in [-0.2, 0) is 5.41 Å². The second kappa shape index (κ2) is 2.62. The third-order valence-corrected chi connectivity index (χ3v) is 3.34. The normalized spacial score (nSPS) is 33.3. The van der Waals surface area contributed by atoms with Crippen LogP contribution < -0.4 is 0 Å². The van der Waals surface area contributed by atoms with E-state index in [1.165, 1.54) is 18.4 Å². The molecule has 0 radical (unpaired) electrons. The Morgan fingerprint density at radius 2 is 2.00 bits per heavy atom. The van der Waals surface area contributed by atoms with Gasteiger partial charge in [0.25, 0.3) is 0 Å². The van der Waals surface area contributed by atoms with E-state index < -0.39 is 0 Å². The van der Waals surface area contributed by atoms with Crippen LogP contribution in [0.5, 0.6) is 0 Å². The van der Waals surface area contributed by atoms with E-state index in [1.54, 1.807) is 0 Å². The molecule has 0 heteroatoms. The van der Waals surface area contributed by atoms with Crippen molar-refractivity contribution in [1.29, 1.82) is 0 Å². The summed E-state index contributed by atoms with van der Waals surface area (Å²) in [6.07, 6.45) is 2.71. The lowest BCUT2D eigenvalue weighted by atomic mass is 9.95. The maximum absolute atomic E-state index is 2.39. The topological polar surface area (TPSA) is 0 Å². The van der Waals surface area contributed by atoms with Crippen LogP contribution in [0.3, 0.4) is 0 Å². The molecule has 0 unspecified atom stereocenters. The smallest absolute Gasteiger partial charge is 0.00439 e. The van der Waals surface area contributed by atoms with E-state index in [0.29, 0.717) is 5.41 Å². The van der Waals surface area contributed by atoms with E-state index in [-0.39, 0.29) is 0 Å². The Morgan fingerprint density at radius 1 is 1.33 bits per heavy atom. The highest BCUT2D eigenvalue weighted by molar-refractivity contribution is 5.31. The first-order valence-electron chi connectivity index (χ1n) is 4.83. The van der Waals surface area contributed by atoms with Crippen LogP contribution in [0.1, 0.15) is 32.3 Å². The van der Waals surface area contributed by atoms with Crippen LogP contribution in [0.2, 0.25) is 0 Å². The van der Waals surface area contributed by atoms with Gasteiger partial charge in [0.1, 0.15) is 0 Å². The Kier molecular flexibility index (Phi) is 1.71. The number of benzene rings is 1. The van der Waals surface area contributed by atoms with Crippen molar-refractivity contribution >= 4 is 0 Å².